The predicted molar refractivity (Wildman–Crippen MR) is 74.8 cm³/mol. The number of carbonyl (C=O) groups is 1. The highest BCUT2D eigenvalue weighted by molar-refractivity contribution is 7.90. The largest absolute Gasteiger partial charge is 0.269 e. The molecule has 1 saturated carbocycles. The summed E-state index contributed by atoms with van der Waals surface area (Å²) in [5.41, 5.74) is 0.625. The van der Waals surface area contributed by atoms with Gasteiger partial charge in [0, 0.05) is 6.08 Å². The average Bonchev–Trinajstić information content (AvgIpc) is 2.92. The molecule has 20 heavy (non-hydrogen) atoms. The maximum atomic E-state index is 12.7. The molecule has 0 atom stereocenters. The lowest BCUT2D eigenvalue weighted by Gasteiger charge is -2.10. The van der Waals surface area contributed by atoms with Gasteiger partial charge in [0.15, 0.2) is 0 Å². The van der Waals surface area contributed by atoms with Crippen LogP contribution in [-0.4, -0.2) is 19.6 Å². The number of amides is 1. The molecule has 0 spiro atoms. The zero-order valence-electron chi connectivity index (χ0n) is 10.9. The number of benzene rings is 1. The second kappa shape index (κ2) is 6.17. The smallest absolute Gasteiger partial charge is 0.257 e. The third kappa shape index (κ3) is 3.90. The number of rotatable bonds is 4. The molecule has 0 radical (unpaired) electrons. The first kappa shape index (κ1) is 14.7. The average molecular weight is 297 g/mol. The summed E-state index contributed by atoms with van der Waals surface area (Å²) in [5, 5.41) is -0.467. The molecule has 4 nitrogen and oxygen atoms in total. The van der Waals surface area contributed by atoms with Gasteiger partial charge in [-0.25, -0.2) is 17.5 Å². The molecule has 108 valence electrons. The predicted octanol–water partition coefficient (Wildman–Crippen LogP) is 2.23. The molecule has 0 aliphatic heterocycles. The van der Waals surface area contributed by atoms with Gasteiger partial charge in [-0.1, -0.05) is 25.0 Å². The van der Waals surface area contributed by atoms with E-state index in [2.05, 4.69) is 4.72 Å². The van der Waals surface area contributed by atoms with E-state index in [0.29, 0.717) is 18.4 Å². The van der Waals surface area contributed by atoms with Crippen LogP contribution in [0.1, 0.15) is 31.2 Å². The monoisotopic (exact) mass is 297 g/mol. The fourth-order valence-corrected chi connectivity index (χ4v) is 3.67. The summed E-state index contributed by atoms with van der Waals surface area (Å²) in [6.07, 6.45) is 5.55. The molecule has 1 aliphatic carbocycles. The zero-order chi connectivity index (χ0) is 14.6. The van der Waals surface area contributed by atoms with Crippen molar-refractivity contribution in [2.45, 2.75) is 30.9 Å². The third-order valence-electron chi connectivity index (χ3n) is 3.28. The highest BCUT2D eigenvalue weighted by atomic mass is 32.2. The molecule has 1 amide bonds. The number of nitrogens with one attached hydrogen (secondary N) is 1. The Bertz CT molecular complexity index is 602. The van der Waals surface area contributed by atoms with Crippen LogP contribution in [0.25, 0.3) is 6.08 Å². The number of carbonyl (C=O) groups excluding carboxylic acids is 1. The molecule has 0 unspecified atom stereocenters. The summed E-state index contributed by atoms with van der Waals surface area (Å²) in [7, 11) is -3.58. The fourth-order valence-electron chi connectivity index (χ4n) is 2.20. The highest BCUT2D eigenvalue weighted by Crippen LogP contribution is 2.23. The van der Waals surface area contributed by atoms with E-state index in [1.807, 2.05) is 0 Å². The standard InChI is InChI=1S/C14H16FNO3S/c15-12-8-5-11(6-9-12)7-10-14(17)16-20(18,19)13-3-1-2-4-13/h5-10,13H,1-4H2,(H,16,17). The van der Waals surface area contributed by atoms with Gasteiger partial charge in [0.05, 0.1) is 5.25 Å². The molecule has 1 aliphatic rings. The van der Waals surface area contributed by atoms with E-state index in [4.69, 9.17) is 0 Å². The van der Waals surface area contributed by atoms with E-state index in [1.54, 1.807) is 0 Å². The Labute approximate surface area is 117 Å². The second-order valence-corrected chi connectivity index (χ2v) is 6.76. The summed E-state index contributed by atoms with van der Waals surface area (Å²) in [6, 6.07) is 5.55. The van der Waals surface area contributed by atoms with Gasteiger partial charge in [-0.15, -0.1) is 0 Å². The molecule has 0 aromatic heterocycles. The number of halogens is 1. The second-order valence-electron chi connectivity index (χ2n) is 4.80. The first-order chi connectivity index (χ1) is 9.47. The van der Waals surface area contributed by atoms with Gasteiger partial charge in [0.25, 0.3) is 5.91 Å². The molecular formula is C14H16FNO3S. The van der Waals surface area contributed by atoms with Crippen molar-refractivity contribution in [2.24, 2.45) is 0 Å². The molecule has 1 N–H and O–H groups in total. The van der Waals surface area contributed by atoms with E-state index in [-0.39, 0.29) is 5.82 Å². The summed E-state index contributed by atoms with van der Waals surface area (Å²) >= 11 is 0. The third-order valence-corrected chi connectivity index (χ3v) is 5.12. The van der Waals surface area contributed by atoms with Gasteiger partial charge in [-0.2, -0.15) is 0 Å². The van der Waals surface area contributed by atoms with Gasteiger partial charge < -0.3 is 0 Å². The van der Waals surface area contributed by atoms with Crippen molar-refractivity contribution in [2.75, 3.05) is 0 Å². The van der Waals surface area contributed by atoms with Crippen LogP contribution >= 0.6 is 0 Å². The van der Waals surface area contributed by atoms with Gasteiger partial charge in [-0.05, 0) is 36.6 Å². The van der Waals surface area contributed by atoms with Crippen molar-refractivity contribution in [1.29, 1.82) is 0 Å². The lowest BCUT2D eigenvalue weighted by atomic mass is 10.2. The molecule has 1 aromatic rings. The Morgan fingerprint density at radius 2 is 1.80 bits per heavy atom. The van der Waals surface area contributed by atoms with Gasteiger partial charge in [0.1, 0.15) is 5.82 Å². The normalized spacial score (nSPS) is 16.6. The molecule has 0 saturated heterocycles. The van der Waals surface area contributed by atoms with Crippen molar-refractivity contribution in [1.82, 2.24) is 4.72 Å². The van der Waals surface area contributed by atoms with Crippen molar-refractivity contribution in [3.05, 3.63) is 41.7 Å². The Hall–Kier alpha value is -1.69. The summed E-state index contributed by atoms with van der Waals surface area (Å²) in [4.78, 5) is 11.6. The van der Waals surface area contributed by atoms with Crippen LogP contribution in [0, 0.1) is 5.82 Å². The highest BCUT2D eigenvalue weighted by Gasteiger charge is 2.29. The number of sulfonamides is 1. The fraction of sp³-hybridized carbons (Fsp3) is 0.357. The van der Waals surface area contributed by atoms with Crippen LogP contribution < -0.4 is 4.72 Å². The van der Waals surface area contributed by atoms with Gasteiger partial charge in [0.2, 0.25) is 10.0 Å². The summed E-state index contributed by atoms with van der Waals surface area (Å²) in [5.74, 6) is -1.04. The van der Waals surface area contributed by atoms with E-state index >= 15 is 0 Å². The molecular weight excluding hydrogens is 281 g/mol. The van der Waals surface area contributed by atoms with Gasteiger partial charge >= 0.3 is 0 Å². The lowest BCUT2D eigenvalue weighted by Crippen LogP contribution is -2.36. The van der Waals surface area contributed by atoms with Crippen LogP contribution in [0.3, 0.4) is 0 Å². The minimum absolute atomic E-state index is 0.365. The maximum Gasteiger partial charge on any atom is 0.257 e. The Morgan fingerprint density at radius 3 is 2.40 bits per heavy atom. The maximum absolute atomic E-state index is 12.7. The van der Waals surface area contributed by atoms with Crippen molar-refractivity contribution < 1.29 is 17.6 Å². The lowest BCUT2D eigenvalue weighted by molar-refractivity contribution is -0.114. The van der Waals surface area contributed by atoms with Crippen molar-refractivity contribution >= 4 is 22.0 Å². The number of hydrogen-bond donors (Lipinski definition) is 1. The first-order valence-corrected chi connectivity index (χ1v) is 8.01. The molecule has 2 rings (SSSR count). The Balaban J connectivity index is 1.96. The number of hydrogen-bond acceptors (Lipinski definition) is 3. The molecule has 1 aromatic carbocycles. The molecule has 6 heteroatoms. The zero-order valence-corrected chi connectivity index (χ0v) is 11.7. The van der Waals surface area contributed by atoms with Crippen LogP contribution in [-0.2, 0) is 14.8 Å². The summed E-state index contributed by atoms with van der Waals surface area (Å²) in [6.45, 7) is 0. The van der Waals surface area contributed by atoms with Crippen LogP contribution in [0.4, 0.5) is 4.39 Å². The van der Waals surface area contributed by atoms with E-state index in [0.717, 1.165) is 18.9 Å². The first-order valence-electron chi connectivity index (χ1n) is 6.46. The Morgan fingerprint density at radius 1 is 1.20 bits per heavy atom. The molecule has 1 fully saturated rings. The summed E-state index contributed by atoms with van der Waals surface area (Å²) < 4.78 is 38.5. The van der Waals surface area contributed by atoms with E-state index in [1.165, 1.54) is 30.3 Å². The van der Waals surface area contributed by atoms with E-state index < -0.39 is 21.2 Å². The van der Waals surface area contributed by atoms with Gasteiger partial charge in [-0.3, -0.25) is 4.79 Å². The minimum Gasteiger partial charge on any atom is -0.269 e. The van der Waals surface area contributed by atoms with E-state index in [9.17, 15) is 17.6 Å². The van der Waals surface area contributed by atoms with Crippen LogP contribution in [0.2, 0.25) is 0 Å². The Kier molecular flexibility index (Phi) is 4.54. The SMILES string of the molecule is O=C(C=Cc1ccc(F)cc1)NS(=O)(=O)C1CCCC1. The topological polar surface area (TPSA) is 63.2 Å². The van der Waals surface area contributed by atoms with Crippen LogP contribution in [0.15, 0.2) is 30.3 Å². The van der Waals surface area contributed by atoms with Crippen molar-refractivity contribution in [3.63, 3.8) is 0 Å². The molecule has 0 bridgehead atoms. The molecule has 0 heterocycles. The minimum atomic E-state index is -3.58. The quantitative estimate of drug-likeness (QED) is 0.867. The van der Waals surface area contributed by atoms with Crippen LogP contribution in [0.5, 0.6) is 0 Å². The van der Waals surface area contributed by atoms with Crippen molar-refractivity contribution in [3.8, 4) is 0 Å².